The molecule has 1 atom stereocenters. The number of nitrogens with zero attached hydrogens (tertiary/aromatic N) is 1. The predicted octanol–water partition coefficient (Wildman–Crippen LogP) is 2.04. The van der Waals surface area contributed by atoms with Gasteiger partial charge in [0.05, 0.1) is 5.02 Å². The van der Waals surface area contributed by atoms with Crippen molar-refractivity contribution in [2.75, 3.05) is 13.1 Å². The van der Waals surface area contributed by atoms with E-state index in [9.17, 15) is 9.18 Å². The lowest BCUT2D eigenvalue weighted by atomic mass is 10.1. The zero-order valence-corrected chi connectivity index (χ0v) is 10.1. The van der Waals surface area contributed by atoms with E-state index < -0.39 is 5.82 Å². The Bertz CT molecular complexity index is 439. The van der Waals surface area contributed by atoms with Gasteiger partial charge in [-0.3, -0.25) is 4.79 Å². The number of halogens is 2. The summed E-state index contributed by atoms with van der Waals surface area (Å²) in [6.07, 6.45) is 1.89. The molecule has 1 aromatic carbocycles. The van der Waals surface area contributed by atoms with Crippen LogP contribution in [0.2, 0.25) is 5.02 Å². The summed E-state index contributed by atoms with van der Waals surface area (Å²) < 4.78 is 13.0. The van der Waals surface area contributed by atoms with Crippen molar-refractivity contribution in [1.29, 1.82) is 0 Å². The SMILES string of the molecule is NCC1CCCN1C(=O)c1ccc(F)c(Cl)c1. The number of hydrogen-bond donors (Lipinski definition) is 1. The average Bonchev–Trinajstić information content (AvgIpc) is 2.80. The molecule has 1 saturated heterocycles. The number of carbonyl (C=O) groups is 1. The van der Waals surface area contributed by atoms with Crippen LogP contribution in [0.1, 0.15) is 23.2 Å². The molecule has 5 heteroatoms. The van der Waals surface area contributed by atoms with Gasteiger partial charge in [-0.05, 0) is 31.0 Å². The molecule has 1 aliphatic heterocycles. The molecule has 1 unspecified atom stereocenters. The van der Waals surface area contributed by atoms with Crippen molar-refractivity contribution in [2.45, 2.75) is 18.9 Å². The summed E-state index contributed by atoms with van der Waals surface area (Å²) in [4.78, 5) is 13.9. The van der Waals surface area contributed by atoms with Crippen LogP contribution in [-0.2, 0) is 0 Å². The fourth-order valence-electron chi connectivity index (χ4n) is 2.14. The second kappa shape index (κ2) is 5.02. The molecular formula is C12H14ClFN2O. The molecule has 2 N–H and O–H groups in total. The molecule has 1 aromatic rings. The molecule has 1 heterocycles. The van der Waals surface area contributed by atoms with Crippen molar-refractivity contribution in [2.24, 2.45) is 5.73 Å². The maximum atomic E-state index is 13.0. The standard InChI is InChI=1S/C12H14ClFN2O/c13-10-6-8(3-4-11(10)14)12(17)16-5-1-2-9(16)7-15/h3-4,6,9H,1-2,5,7,15H2. The molecule has 2 rings (SSSR count). The summed E-state index contributed by atoms with van der Waals surface area (Å²) in [5.74, 6) is -0.639. The predicted molar refractivity (Wildman–Crippen MR) is 64.5 cm³/mol. The molecule has 0 aliphatic carbocycles. The Labute approximate surface area is 104 Å². The molecule has 92 valence electrons. The van der Waals surface area contributed by atoms with Crippen molar-refractivity contribution >= 4 is 17.5 Å². The molecule has 0 bridgehead atoms. The fraction of sp³-hybridized carbons (Fsp3) is 0.417. The van der Waals surface area contributed by atoms with Crippen LogP contribution in [0.4, 0.5) is 4.39 Å². The zero-order chi connectivity index (χ0) is 12.4. The summed E-state index contributed by atoms with van der Waals surface area (Å²) in [7, 11) is 0. The van der Waals surface area contributed by atoms with E-state index >= 15 is 0 Å². The first-order valence-corrected chi connectivity index (χ1v) is 5.97. The van der Waals surface area contributed by atoms with Gasteiger partial charge >= 0.3 is 0 Å². The molecule has 3 nitrogen and oxygen atoms in total. The van der Waals surface area contributed by atoms with Gasteiger partial charge in [0.15, 0.2) is 0 Å². The Morgan fingerprint density at radius 3 is 3.00 bits per heavy atom. The summed E-state index contributed by atoms with van der Waals surface area (Å²) in [6, 6.07) is 4.12. The third kappa shape index (κ3) is 2.42. The lowest BCUT2D eigenvalue weighted by Gasteiger charge is -2.23. The van der Waals surface area contributed by atoms with Gasteiger partial charge in [-0.15, -0.1) is 0 Å². The van der Waals surface area contributed by atoms with Crippen LogP contribution in [0.15, 0.2) is 18.2 Å². The second-order valence-corrected chi connectivity index (χ2v) is 4.57. The first-order chi connectivity index (χ1) is 8.13. The van der Waals surface area contributed by atoms with Crippen LogP contribution in [-0.4, -0.2) is 29.9 Å². The maximum absolute atomic E-state index is 13.0. The monoisotopic (exact) mass is 256 g/mol. The largest absolute Gasteiger partial charge is 0.334 e. The quantitative estimate of drug-likeness (QED) is 0.880. The number of likely N-dealkylation sites (tertiary alicyclic amines) is 1. The van der Waals surface area contributed by atoms with Gasteiger partial charge in [0.25, 0.3) is 5.91 Å². The highest BCUT2D eigenvalue weighted by atomic mass is 35.5. The van der Waals surface area contributed by atoms with Gasteiger partial charge < -0.3 is 10.6 Å². The van der Waals surface area contributed by atoms with Crippen molar-refractivity contribution in [3.05, 3.63) is 34.6 Å². The van der Waals surface area contributed by atoms with Gasteiger partial charge in [-0.25, -0.2) is 4.39 Å². The van der Waals surface area contributed by atoms with Crippen LogP contribution < -0.4 is 5.73 Å². The van der Waals surface area contributed by atoms with Crippen LogP contribution in [0, 0.1) is 5.82 Å². The highest BCUT2D eigenvalue weighted by Crippen LogP contribution is 2.22. The topological polar surface area (TPSA) is 46.3 Å². The fourth-order valence-corrected chi connectivity index (χ4v) is 2.32. The highest BCUT2D eigenvalue weighted by Gasteiger charge is 2.28. The Morgan fingerprint density at radius 1 is 1.59 bits per heavy atom. The number of nitrogens with two attached hydrogens (primary N) is 1. The summed E-state index contributed by atoms with van der Waals surface area (Å²) in [5, 5.41) is -0.0284. The Balaban J connectivity index is 2.21. The van der Waals surface area contributed by atoms with Crippen LogP contribution in [0.25, 0.3) is 0 Å². The first-order valence-electron chi connectivity index (χ1n) is 5.59. The Kier molecular flexibility index (Phi) is 3.64. The number of rotatable bonds is 2. The molecule has 0 saturated carbocycles. The minimum Gasteiger partial charge on any atom is -0.334 e. The maximum Gasteiger partial charge on any atom is 0.254 e. The van der Waals surface area contributed by atoms with Gasteiger partial charge in [0.1, 0.15) is 5.82 Å². The molecular weight excluding hydrogens is 243 g/mol. The summed E-state index contributed by atoms with van der Waals surface area (Å²) in [6.45, 7) is 1.16. The highest BCUT2D eigenvalue weighted by molar-refractivity contribution is 6.31. The smallest absolute Gasteiger partial charge is 0.254 e. The van der Waals surface area contributed by atoms with E-state index in [-0.39, 0.29) is 17.0 Å². The van der Waals surface area contributed by atoms with E-state index in [0.29, 0.717) is 18.7 Å². The lowest BCUT2D eigenvalue weighted by Crippen LogP contribution is -2.39. The van der Waals surface area contributed by atoms with E-state index in [0.717, 1.165) is 12.8 Å². The van der Waals surface area contributed by atoms with Crippen LogP contribution in [0.3, 0.4) is 0 Å². The van der Waals surface area contributed by atoms with Gasteiger partial charge in [-0.2, -0.15) is 0 Å². The number of carbonyl (C=O) groups excluding carboxylic acids is 1. The Hall–Kier alpha value is -1.13. The molecule has 0 radical (unpaired) electrons. The van der Waals surface area contributed by atoms with E-state index in [1.807, 2.05) is 0 Å². The van der Waals surface area contributed by atoms with Crippen LogP contribution in [0.5, 0.6) is 0 Å². The third-order valence-electron chi connectivity index (χ3n) is 3.08. The number of amides is 1. The van der Waals surface area contributed by atoms with E-state index in [4.69, 9.17) is 17.3 Å². The Morgan fingerprint density at radius 2 is 2.35 bits per heavy atom. The summed E-state index contributed by atoms with van der Waals surface area (Å²) >= 11 is 5.66. The van der Waals surface area contributed by atoms with Crippen molar-refractivity contribution < 1.29 is 9.18 Å². The minimum atomic E-state index is -0.514. The number of hydrogen-bond acceptors (Lipinski definition) is 2. The molecule has 0 spiro atoms. The zero-order valence-electron chi connectivity index (χ0n) is 9.33. The number of benzene rings is 1. The van der Waals surface area contributed by atoms with Crippen molar-refractivity contribution in [3.63, 3.8) is 0 Å². The van der Waals surface area contributed by atoms with Gasteiger partial charge in [-0.1, -0.05) is 11.6 Å². The second-order valence-electron chi connectivity index (χ2n) is 4.16. The molecule has 1 amide bonds. The van der Waals surface area contributed by atoms with Crippen LogP contribution >= 0.6 is 11.6 Å². The van der Waals surface area contributed by atoms with Gasteiger partial charge in [0.2, 0.25) is 0 Å². The molecule has 1 aliphatic rings. The van der Waals surface area contributed by atoms with Crippen molar-refractivity contribution in [3.8, 4) is 0 Å². The first kappa shape index (κ1) is 12.3. The average molecular weight is 257 g/mol. The van der Waals surface area contributed by atoms with E-state index in [2.05, 4.69) is 0 Å². The van der Waals surface area contributed by atoms with Crippen molar-refractivity contribution in [1.82, 2.24) is 4.90 Å². The lowest BCUT2D eigenvalue weighted by molar-refractivity contribution is 0.0741. The molecule has 0 aromatic heterocycles. The third-order valence-corrected chi connectivity index (χ3v) is 3.37. The molecule has 17 heavy (non-hydrogen) atoms. The van der Waals surface area contributed by atoms with Gasteiger partial charge in [0, 0.05) is 24.7 Å². The van der Waals surface area contributed by atoms with E-state index in [1.165, 1.54) is 18.2 Å². The molecule has 1 fully saturated rings. The minimum absolute atomic E-state index is 0.0284. The van der Waals surface area contributed by atoms with E-state index in [1.54, 1.807) is 4.90 Å². The summed E-state index contributed by atoms with van der Waals surface area (Å²) in [5.41, 5.74) is 6.03. The normalized spacial score (nSPS) is 19.7.